The first-order valence-corrected chi connectivity index (χ1v) is 4.95. The lowest BCUT2D eigenvalue weighted by molar-refractivity contribution is 0.582. The van der Waals surface area contributed by atoms with Gasteiger partial charge in [0.05, 0.1) is 12.9 Å². The Labute approximate surface area is 76.8 Å². The first-order chi connectivity index (χ1) is 6.06. The van der Waals surface area contributed by atoms with Gasteiger partial charge in [-0.3, -0.25) is 0 Å². The van der Waals surface area contributed by atoms with Gasteiger partial charge in [-0.05, 0) is 0 Å². The number of nitrogens with zero attached hydrogens (tertiary/aromatic N) is 2. The van der Waals surface area contributed by atoms with Crippen LogP contribution in [0.3, 0.4) is 0 Å². The third-order valence-electron chi connectivity index (χ3n) is 1.32. The van der Waals surface area contributed by atoms with Crippen LogP contribution in [0.2, 0.25) is 0 Å². The number of hydrogen-bond donors (Lipinski definition) is 1. The molecule has 0 fully saturated rings. The molecule has 1 heterocycles. The maximum Gasteiger partial charge on any atom is 0.260 e. The zero-order valence-electron chi connectivity index (χ0n) is 7.06. The molecule has 0 aliphatic carbocycles. The second kappa shape index (κ2) is 3.60. The Morgan fingerprint density at radius 2 is 2.46 bits per heavy atom. The van der Waals surface area contributed by atoms with Crippen molar-refractivity contribution in [3.05, 3.63) is 12.5 Å². The highest BCUT2D eigenvalue weighted by atomic mass is 32.2. The fourth-order valence-corrected chi connectivity index (χ4v) is 1.65. The van der Waals surface area contributed by atoms with Gasteiger partial charge < -0.3 is 4.57 Å². The summed E-state index contributed by atoms with van der Waals surface area (Å²) in [5, 5.41) is -0.0229. The van der Waals surface area contributed by atoms with Crippen molar-refractivity contribution in [3.8, 4) is 12.3 Å². The van der Waals surface area contributed by atoms with E-state index in [0.717, 1.165) is 0 Å². The lowest BCUT2D eigenvalue weighted by Crippen LogP contribution is -2.24. The van der Waals surface area contributed by atoms with Crippen LogP contribution in [0.1, 0.15) is 0 Å². The summed E-state index contributed by atoms with van der Waals surface area (Å²) < 4.78 is 26.4. The van der Waals surface area contributed by atoms with Gasteiger partial charge in [-0.25, -0.2) is 13.4 Å². The van der Waals surface area contributed by atoms with Gasteiger partial charge in [0.1, 0.15) is 0 Å². The van der Waals surface area contributed by atoms with Crippen LogP contribution in [0.4, 0.5) is 0 Å². The van der Waals surface area contributed by atoms with Crippen molar-refractivity contribution in [2.75, 3.05) is 6.54 Å². The number of terminal acetylenes is 1. The number of imidazole rings is 1. The van der Waals surface area contributed by atoms with Crippen molar-refractivity contribution in [1.29, 1.82) is 0 Å². The van der Waals surface area contributed by atoms with Crippen LogP contribution in [0.5, 0.6) is 0 Å². The van der Waals surface area contributed by atoms with E-state index in [1.54, 1.807) is 11.6 Å². The van der Waals surface area contributed by atoms with E-state index in [1.165, 1.54) is 12.5 Å². The second-order valence-corrected chi connectivity index (χ2v) is 4.12. The molecular weight excluding hydrogens is 190 g/mol. The number of aromatic nitrogens is 2. The molecule has 0 saturated carbocycles. The van der Waals surface area contributed by atoms with Crippen LogP contribution in [0.15, 0.2) is 17.6 Å². The summed E-state index contributed by atoms with van der Waals surface area (Å²) in [6.45, 7) is -0.0289. The average Bonchev–Trinajstić information content (AvgIpc) is 2.49. The van der Waals surface area contributed by atoms with Crippen molar-refractivity contribution in [3.63, 3.8) is 0 Å². The molecule has 0 aliphatic rings. The summed E-state index contributed by atoms with van der Waals surface area (Å²) in [7, 11) is -1.84. The molecular formula is C7H9N3O2S. The first-order valence-electron chi connectivity index (χ1n) is 3.47. The molecule has 1 aromatic rings. The van der Waals surface area contributed by atoms with Crippen LogP contribution < -0.4 is 4.72 Å². The Balaban J connectivity index is 2.89. The van der Waals surface area contributed by atoms with Crippen molar-refractivity contribution in [1.82, 2.24) is 14.3 Å². The molecule has 1 rings (SSSR count). The molecule has 6 heteroatoms. The highest BCUT2D eigenvalue weighted by Gasteiger charge is 2.15. The number of sulfonamides is 1. The van der Waals surface area contributed by atoms with E-state index in [0.29, 0.717) is 0 Å². The highest BCUT2D eigenvalue weighted by molar-refractivity contribution is 7.89. The summed E-state index contributed by atoms with van der Waals surface area (Å²) in [5.41, 5.74) is 0. The molecule has 0 bridgehead atoms. The molecule has 5 nitrogen and oxygen atoms in total. The highest BCUT2D eigenvalue weighted by Crippen LogP contribution is 2.02. The molecule has 0 aromatic carbocycles. The monoisotopic (exact) mass is 199 g/mol. The van der Waals surface area contributed by atoms with Crippen LogP contribution in [-0.2, 0) is 17.1 Å². The van der Waals surface area contributed by atoms with E-state index < -0.39 is 10.0 Å². The zero-order chi connectivity index (χ0) is 9.90. The maximum atomic E-state index is 11.3. The summed E-state index contributed by atoms with van der Waals surface area (Å²) in [6, 6.07) is 0. The largest absolute Gasteiger partial charge is 0.339 e. The normalized spacial score (nSPS) is 11.1. The molecule has 1 N–H and O–H groups in total. The minimum Gasteiger partial charge on any atom is -0.339 e. The van der Waals surface area contributed by atoms with Crippen molar-refractivity contribution in [2.24, 2.45) is 7.05 Å². The Morgan fingerprint density at radius 1 is 1.77 bits per heavy atom. The molecule has 0 saturated heterocycles. The van der Waals surface area contributed by atoms with E-state index in [2.05, 4.69) is 15.6 Å². The fourth-order valence-electron chi connectivity index (χ4n) is 0.738. The van der Waals surface area contributed by atoms with Gasteiger partial charge in [-0.2, -0.15) is 4.72 Å². The summed E-state index contributed by atoms with van der Waals surface area (Å²) in [5.74, 6) is 2.18. The summed E-state index contributed by atoms with van der Waals surface area (Å²) >= 11 is 0. The SMILES string of the molecule is C#CCNS(=O)(=O)c1cn(C)cn1. The third-order valence-corrected chi connectivity index (χ3v) is 2.61. The molecule has 0 unspecified atom stereocenters. The zero-order valence-corrected chi connectivity index (χ0v) is 7.87. The van der Waals surface area contributed by atoms with Gasteiger partial charge >= 0.3 is 0 Å². The lowest BCUT2D eigenvalue weighted by atomic mass is 10.7. The Morgan fingerprint density at radius 3 is 2.92 bits per heavy atom. The van der Waals surface area contributed by atoms with Crippen molar-refractivity contribution < 1.29 is 8.42 Å². The first kappa shape index (κ1) is 9.77. The van der Waals surface area contributed by atoms with Crippen molar-refractivity contribution in [2.45, 2.75) is 5.03 Å². The number of hydrogen-bond acceptors (Lipinski definition) is 3. The lowest BCUT2D eigenvalue weighted by Gasteiger charge is -1.98. The summed E-state index contributed by atoms with van der Waals surface area (Å²) in [6.07, 6.45) is 7.73. The van der Waals surface area contributed by atoms with E-state index in [4.69, 9.17) is 6.42 Å². The standard InChI is InChI=1S/C7H9N3O2S/c1-3-4-9-13(11,12)7-5-10(2)6-8-7/h1,5-6,9H,4H2,2H3. The minimum absolute atomic E-state index is 0.0229. The third kappa shape index (κ3) is 2.31. The van der Waals surface area contributed by atoms with Crippen LogP contribution in [0, 0.1) is 12.3 Å². The van der Waals surface area contributed by atoms with Gasteiger partial charge in [0.2, 0.25) is 0 Å². The topological polar surface area (TPSA) is 64.0 Å². The Hall–Kier alpha value is -1.32. The average molecular weight is 199 g/mol. The second-order valence-electron chi connectivity index (χ2n) is 2.41. The van der Waals surface area contributed by atoms with Crippen molar-refractivity contribution >= 4 is 10.0 Å². The van der Waals surface area contributed by atoms with E-state index in [1.807, 2.05) is 0 Å². The van der Waals surface area contributed by atoms with E-state index in [-0.39, 0.29) is 11.6 Å². The quantitative estimate of drug-likeness (QED) is 0.657. The minimum atomic E-state index is -3.53. The van der Waals surface area contributed by atoms with Gasteiger partial charge in [0, 0.05) is 13.2 Å². The molecule has 13 heavy (non-hydrogen) atoms. The Bertz CT molecular complexity index is 427. The molecule has 0 atom stereocenters. The van der Waals surface area contributed by atoms with Crippen LogP contribution in [-0.4, -0.2) is 24.5 Å². The molecule has 70 valence electrons. The van der Waals surface area contributed by atoms with Gasteiger partial charge in [0.15, 0.2) is 5.03 Å². The number of rotatable bonds is 3. The smallest absolute Gasteiger partial charge is 0.260 e. The fraction of sp³-hybridized carbons (Fsp3) is 0.286. The molecule has 1 aromatic heterocycles. The van der Waals surface area contributed by atoms with Gasteiger partial charge in [-0.1, -0.05) is 5.92 Å². The van der Waals surface area contributed by atoms with Gasteiger partial charge in [-0.15, -0.1) is 6.42 Å². The predicted octanol–water partition coefficient (Wildman–Crippen LogP) is -0.668. The number of aryl methyl sites for hydroxylation is 1. The summed E-state index contributed by atoms with van der Waals surface area (Å²) in [4.78, 5) is 3.68. The molecule has 0 radical (unpaired) electrons. The van der Waals surface area contributed by atoms with E-state index >= 15 is 0 Å². The Kier molecular flexibility index (Phi) is 2.70. The number of nitrogens with one attached hydrogen (secondary N) is 1. The van der Waals surface area contributed by atoms with Crippen LogP contribution >= 0.6 is 0 Å². The van der Waals surface area contributed by atoms with E-state index in [9.17, 15) is 8.42 Å². The molecule has 0 aliphatic heterocycles. The van der Waals surface area contributed by atoms with Gasteiger partial charge in [0.25, 0.3) is 10.0 Å². The maximum absolute atomic E-state index is 11.3. The molecule has 0 amide bonds. The van der Waals surface area contributed by atoms with Crippen LogP contribution in [0.25, 0.3) is 0 Å². The molecule has 0 spiro atoms. The predicted molar refractivity (Wildman–Crippen MR) is 47.2 cm³/mol.